The molecular formula is C11H15F2NS. The molecule has 0 aliphatic heterocycles. The second-order valence-electron chi connectivity index (χ2n) is 3.99. The minimum atomic E-state index is -2.37. The molecule has 1 nitrogen and oxygen atoms in total. The van der Waals surface area contributed by atoms with Gasteiger partial charge in [-0.3, -0.25) is 0 Å². The standard InChI is InChI=1S/C11H15F2NS/c1-11(2,7-14)8-4-3-5-9(6-8)15-10(12)13/h3-6,10H,7,14H2,1-2H3. The van der Waals surface area contributed by atoms with Gasteiger partial charge in [0.2, 0.25) is 0 Å². The predicted molar refractivity (Wildman–Crippen MR) is 60.4 cm³/mol. The molecule has 0 saturated heterocycles. The summed E-state index contributed by atoms with van der Waals surface area (Å²) in [5.41, 5.74) is 6.46. The molecule has 1 aromatic carbocycles. The first-order chi connectivity index (χ1) is 6.95. The Kier molecular flexibility index (Phi) is 4.11. The zero-order chi connectivity index (χ0) is 11.5. The molecule has 0 aromatic heterocycles. The number of rotatable bonds is 4. The van der Waals surface area contributed by atoms with Crippen LogP contribution in [-0.2, 0) is 5.41 Å². The van der Waals surface area contributed by atoms with Crippen LogP contribution in [0, 0.1) is 0 Å². The van der Waals surface area contributed by atoms with Crippen molar-refractivity contribution in [1.82, 2.24) is 0 Å². The van der Waals surface area contributed by atoms with Gasteiger partial charge in [-0.15, -0.1) is 0 Å². The van der Waals surface area contributed by atoms with Gasteiger partial charge in [0.15, 0.2) is 0 Å². The number of alkyl halides is 2. The molecule has 0 bridgehead atoms. The first-order valence-electron chi connectivity index (χ1n) is 4.71. The quantitative estimate of drug-likeness (QED) is 0.805. The van der Waals surface area contributed by atoms with Crippen LogP contribution in [-0.4, -0.2) is 12.3 Å². The molecule has 0 fully saturated rings. The van der Waals surface area contributed by atoms with E-state index >= 15 is 0 Å². The third-order valence-electron chi connectivity index (χ3n) is 2.35. The van der Waals surface area contributed by atoms with Gasteiger partial charge in [0, 0.05) is 16.9 Å². The Balaban J connectivity index is 2.92. The fourth-order valence-electron chi connectivity index (χ4n) is 1.21. The van der Waals surface area contributed by atoms with Crippen molar-refractivity contribution in [1.29, 1.82) is 0 Å². The number of thioether (sulfide) groups is 1. The van der Waals surface area contributed by atoms with Crippen molar-refractivity contribution in [3.8, 4) is 0 Å². The largest absolute Gasteiger partial charge is 0.330 e. The summed E-state index contributed by atoms with van der Waals surface area (Å²) in [5.74, 6) is -2.37. The molecule has 0 unspecified atom stereocenters. The van der Waals surface area contributed by atoms with Crippen molar-refractivity contribution in [3.63, 3.8) is 0 Å². The fourth-order valence-corrected chi connectivity index (χ4v) is 1.77. The van der Waals surface area contributed by atoms with Gasteiger partial charge in [0.05, 0.1) is 0 Å². The number of halogens is 2. The molecule has 1 aromatic rings. The van der Waals surface area contributed by atoms with Crippen LogP contribution < -0.4 is 5.73 Å². The molecule has 0 amide bonds. The fraction of sp³-hybridized carbons (Fsp3) is 0.455. The molecule has 0 spiro atoms. The molecule has 0 aliphatic rings. The lowest BCUT2D eigenvalue weighted by molar-refractivity contribution is 0.252. The highest BCUT2D eigenvalue weighted by Gasteiger charge is 2.19. The summed E-state index contributed by atoms with van der Waals surface area (Å²) in [6.07, 6.45) is 0. The van der Waals surface area contributed by atoms with Crippen LogP contribution in [0.2, 0.25) is 0 Å². The molecule has 15 heavy (non-hydrogen) atoms. The molecule has 0 aliphatic carbocycles. The highest BCUT2D eigenvalue weighted by Crippen LogP contribution is 2.29. The van der Waals surface area contributed by atoms with Crippen LogP contribution >= 0.6 is 11.8 Å². The van der Waals surface area contributed by atoms with Gasteiger partial charge in [-0.25, -0.2) is 0 Å². The van der Waals surface area contributed by atoms with Crippen molar-refractivity contribution in [2.24, 2.45) is 5.73 Å². The number of nitrogens with two attached hydrogens (primary N) is 1. The molecule has 0 radical (unpaired) electrons. The Morgan fingerprint density at radius 1 is 1.40 bits per heavy atom. The first kappa shape index (κ1) is 12.5. The molecular weight excluding hydrogens is 216 g/mol. The highest BCUT2D eigenvalue weighted by molar-refractivity contribution is 7.99. The van der Waals surface area contributed by atoms with Crippen LogP contribution in [0.4, 0.5) is 8.78 Å². The van der Waals surface area contributed by atoms with Crippen LogP contribution in [0.15, 0.2) is 29.2 Å². The van der Waals surface area contributed by atoms with Gasteiger partial charge >= 0.3 is 0 Å². The molecule has 0 saturated carbocycles. The van der Waals surface area contributed by atoms with E-state index in [0.29, 0.717) is 23.2 Å². The monoisotopic (exact) mass is 231 g/mol. The molecule has 84 valence electrons. The molecule has 2 N–H and O–H groups in total. The highest BCUT2D eigenvalue weighted by atomic mass is 32.2. The number of hydrogen-bond acceptors (Lipinski definition) is 2. The Morgan fingerprint density at radius 2 is 2.07 bits per heavy atom. The Labute approximate surface area is 93.1 Å². The summed E-state index contributed by atoms with van der Waals surface area (Å²) in [4.78, 5) is 0.587. The number of benzene rings is 1. The molecule has 1 rings (SSSR count). The average Bonchev–Trinajstić information content (AvgIpc) is 2.17. The lowest BCUT2D eigenvalue weighted by atomic mass is 9.85. The van der Waals surface area contributed by atoms with E-state index in [2.05, 4.69) is 0 Å². The maximum atomic E-state index is 12.2. The summed E-state index contributed by atoms with van der Waals surface area (Å²) in [6, 6.07) is 7.18. The van der Waals surface area contributed by atoms with Crippen LogP contribution in [0.5, 0.6) is 0 Å². The van der Waals surface area contributed by atoms with Gasteiger partial charge in [-0.1, -0.05) is 37.7 Å². The van der Waals surface area contributed by atoms with Crippen molar-refractivity contribution in [2.45, 2.75) is 29.9 Å². The minimum absolute atomic E-state index is 0.168. The predicted octanol–water partition coefficient (Wildman–Crippen LogP) is 3.24. The molecule has 0 atom stereocenters. The Hall–Kier alpha value is -0.610. The van der Waals surface area contributed by atoms with Gasteiger partial charge in [0.25, 0.3) is 5.76 Å². The Bertz CT molecular complexity index is 326. The van der Waals surface area contributed by atoms with Crippen molar-refractivity contribution in [3.05, 3.63) is 29.8 Å². The maximum Gasteiger partial charge on any atom is 0.288 e. The second-order valence-corrected chi connectivity index (χ2v) is 5.06. The first-order valence-corrected chi connectivity index (χ1v) is 5.59. The van der Waals surface area contributed by atoms with E-state index in [0.717, 1.165) is 5.56 Å². The van der Waals surface area contributed by atoms with Crippen LogP contribution in [0.3, 0.4) is 0 Å². The third kappa shape index (κ3) is 3.47. The van der Waals surface area contributed by atoms with Crippen LogP contribution in [0.25, 0.3) is 0 Å². The molecule has 0 heterocycles. The summed E-state index contributed by atoms with van der Waals surface area (Å²) in [6.45, 7) is 4.49. The van der Waals surface area contributed by atoms with Crippen molar-refractivity contribution >= 4 is 11.8 Å². The maximum absolute atomic E-state index is 12.2. The zero-order valence-electron chi connectivity index (χ0n) is 8.84. The van der Waals surface area contributed by atoms with Gasteiger partial charge in [-0.2, -0.15) is 8.78 Å². The van der Waals surface area contributed by atoms with E-state index in [9.17, 15) is 8.78 Å². The summed E-state index contributed by atoms with van der Waals surface area (Å²) < 4.78 is 24.3. The SMILES string of the molecule is CC(C)(CN)c1cccc(SC(F)F)c1. The van der Waals surface area contributed by atoms with E-state index in [-0.39, 0.29) is 5.41 Å². The van der Waals surface area contributed by atoms with E-state index < -0.39 is 5.76 Å². The van der Waals surface area contributed by atoms with Gasteiger partial charge in [0.1, 0.15) is 0 Å². The lowest BCUT2D eigenvalue weighted by Gasteiger charge is -2.23. The van der Waals surface area contributed by atoms with E-state index in [4.69, 9.17) is 5.73 Å². The van der Waals surface area contributed by atoms with E-state index in [1.54, 1.807) is 18.2 Å². The topological polar surface area (TPSA) is 26.0 Å². The smallest absolute Gasteiger partial charge is 0.288 e. The third-order valence-corrected chi connectivity index (χ3v) is 3.06. The average molecular weight is 231 g/mol. The lowest BCUT2D eigenvalue weighted by Crippen LogP contribution is -2.27. The summed E-state index contributed by atoms with van der Waals surface area (Å²) in [7, 11) is 0. The Morgan fingerprint density at radius 3 is 2.60 bits per heavy atom. The second kappa shape index (κ2) is 4.94. The zero-order valence-corrected chi connectivity index (χ0v) is 9.65. The summed E-state index contributed by atoms with van der Waals surface area (Å²) >= 11 is 0.565. The van der Waals surface area contributed by atoms with Gasteiger partial charge in [-0.05, 0) is 17.7 Å². The van der Waals surface area contributed by atoms with Crippen LogP contribution in [0.1, 0.15) is 19.4 Å². The number of hydrogen-bond donors (Lipinski definition) is 1. The van der Waals surface area contributed by atoms with Crippen molar-refractivity contribution < 1.29 is 8.78 Å². The minimum Gasteiger partial charge on any atom is -0.330 e. The van der Waals surface area contributed by atoms with E-state index in [1.807, 2.05) is 19.9 Å². The summed E-state index contributed by atoms with van der Waals surface area (Å²) in [5, 5.41) is 0. The van der Waals surface area contributed by atoms with Crippen molar-refractivity contribution in [2.75, 3.05) is 6.54 Å². The van der Waals surface area contributed by atoms with Gasteiger partial charge < -0.3 is 5.73 Å². The van der Waals surface area contributed by atoms with E-state index in [1.165, 1.54) is 0 Å². The molecule has 4 heteroatoms. The normalized spacial score (nSPS) is 12.1.